The van der Waals surface area contributed by atoms with Crippen LogP contribution in [0.3, 0.4) is 0 Å². The topological polar surface area (TPSA) is 64.7 Å². The molecule has 2 aromatic rings. The van der Waals surface area contributed by atoms with Gasteiger partial charge in [0.05, 0.1) is 11.9 Å². The average molecular weight is 233 g/mol. The standard InChI is InChI=1S/C11H15N5O/c1-3-15-8-10(7-13-15)14-11(17)9(2)16-6-4-5-12-16/h4-9H,3H2,1-2H3,(H,14,17)/t9-/m0/s1. The van der Waals surface area contributed by atoms with Crippen molar-refractivity contribution in [2.75, 3.05) is 5.32 Å². The zero-order valence-electron chi connectivity index (χ0n) is 9.87. The monoisotopic (exact) mass is 233 g/mol. The minimum absolute atomic E-state index is 0.107. The Morgan fingerprint density at radius 2 is 2.35 bits per heavy atom. The highest BCUT2D eigenvalue weighted by Gasteiger charge is 2.15. The van der Waals surface area contributed by atoms with Crippen molar-refractivity contribution in [3.63, 3.8) is 0 Å². The Bertz CT molecular complexity index is 488. The third-order valence-electron chi connectivity index (χ3n) is 2.53. The number of aromatic nitrogens is 4. The minimum Gasteiger partial charge on any atom is -0.322 e. The Balaban J connectivity index is 2.01. The van der Waals surface area contributed by atoms with Gasteiger partial charge in [0.25, 0.3) is 0 Å². The van der Waals surface area contributed by atoms with Crippen molar-refractivity contribution in [2.45, 2.75) is 26.4 Å². The first-order valence-electron chi connectivity index (χ1n) is 5.53. The molecule has 0 unspecified atom stereocenters. The van der Waals surface area contributed by atoms with E-state index in [9.17, 15) is 4.79 Å². The molecule has 1 N–H and O–H groups in total. The number of hydrogen-bond donors (Lipinski definition) is 1. The molecule has 0 fully saturated rings. The number of nitrogens with zero attached hydrogens (tertiary/aromatic N) is 4. The number of aryl methyl sites for hydroxylation is 1. The summed E-state index contributed by atoms with van der Waals surface area (Å²) in [6.45, 7) is 4.57. The lowest BCUT2D eigenvalue weighted by atomic mass is 10.3. The number of amides is 1. The van der Waals surface area contributed by atoms with Crippen LogP contribution in [0.4, 0.5) is 5.69 Å². The largest absolute Gasteiger partial charge is 0.322 e. The maximum absolute atomic E-state index is 11.9. The molecule has 6 heteroatoms. The molecule has 17 heavy (non-hydrogen) atoms. The van der Waals surface area contributed by atoms with Gasteiger partial charge in [-0.05, 0) is 19.9 Å². The molecule has 0 bridgehead atoms. The van der Waals surface area contributed by atoms with E-state index in [2.05, 4.69) is 15.5 Å². The molecule has 2 rings (SSSR count). The van der Waals surface area contributed by atoms with Crippen molar-refractivity contribution >= 4 is 11.6 Å². The average Bonchev–Trinajstić information content (AvgIpc) is 2.98. The Hall–Kier alpha value is -2.11. The van der Waals surface area contributed by atoms with Gasteiger partial charge in [-0.2, -0.15) is 10.2 Å². The Kier molecular flexibility index (Phi) is 3.22. The molecule has 0 saturated carbocycles. The van der Waals surface area contributed by atoms with Crippen molar-refractivity contribution < 1.29 is 4.79 Å². The second kappa shape index (κ2) is 4.82. The summed E-state index contributed by atoms with van der Waals surface area (Å²) in [7, 11) is 0. The fourth-order valence-electron chi connectivity index (χ4n) is 1.48. The number of anilines is 1. The third-order valence-corrected chi connectivity index (χ3v) is 2.53. The van der Waals surface area contributed by atoms with Crippen molar-refractivity contribution in [3.05, 3.63) is 30.9 Å². The number of hydrogen-bond acceptors (Lipinski definition) is 3. The first kappa shape index (κ1) is 11.4. The summed E-state index contributed by atoms with van der Waals surface area (Å²) in [4.78, 5) is 11.9. The smallest absolute Gasteiger partial charge is 0.249 e. The number of carbonyl (C=O) groups is 1. The maximum atomic E-state index is 11.9. The van der Waals surface area contributed by atoms with Crippen LogP contribution in [0.2, 0.25) is 0 Å². The zero-order chi connectivity index (χ0) is 12.3. The molecular weight excluding hydrogens is 218 g/mol. The van der Waals surface area contributed by atoms with E-state index in [-0.39, 0.29) is 11.9 Å². The molecule has 0 aromatic carbocycles. The molecule has 1 atom stereocenters. The van der Waals surface area contributed by atoms with Gasteiger partial charge in [0, 0.05) is 25.1 Å². The number of rotatable bonds is 4. The number of nitrogens with one attached hydrogen (secondary N) is 1. The number of carbonyl (C=O) groups excluding carboxylic acids is 1. The van der Waals surface area contributed by atoms with Crippen LogP contribution < -0.4 is 5.32 Å². The first-order chi connectivity index (χ1) is 8.20. The van der Waals surface area contributed by atoms with E-state index in [4.69, 9.17) is 0 Å². The molecule has 2 heterocycles. The van der Waals surface area contributed by atoms with Crippen LogP contribution in [0.25, 0.3) is 0 Å². The van der Waals surface area contributed by atoms with Crippen LogP contribution in [-0.4, -0.2) is 25.5 Å². The second-order valence-corrected chi connectivity index (χ2v) is 3.74. The normalized spacial score (nSPS) is 12.4. The second-order valence-electron chi connectivity index (χ2n) is 3.74. The summed E-state index contributed by atoms with van der Waals surface area (Å²) in [5.41, 5.74) is 0.704. The van der Waals surface area contributed by atoms with Gasteiger partial charge in [0.1, 0.15) is 6.04 Å². The highest BCUT2D eigenvalue weighted by molar-refractivity contribution is 5.93. The van der Waals surface area contributed by atoms with Crippen molar-refractivity contribution in [1.29, 1.82) is 0 Å². The summed E-state index contributed by atoms with van der Waals surface area (Å²) >= 11 is 0. The van der Waals surface area contributed by atoms with E-state index in [1.165, 1.54) is 0 Å². The lowest BCUT2D eigenvalue weighted by Crippen LogP contribution is -2.23. The summed E-state index contributed by atoms with van der Waals surface area (Å²) in [6.07, 6.45) is 6.85. The van der Waals surface area contributed by atoms with Crippen LogP contribution in [-0.2, 0) is 11.3 Å². The van der Waals surface area contributed by atoms with Gasteiger partial charge in [0.15, 0.2) is 0 Å². The van der Waals surface area contributed by atoms with Crippen molar-refractivity contribution in [1.82, 2.24) is 19.6 Å². The first-order valence-corrected chi connectivity index (χ1v) is 5.53. The quantitative estimate of drug-likeness (QED) is 0.865. The highest BCUT2D eigenvalue weighted by Crippen LogP contribution is 2.10. The van der Waals surface area contributed by atoms with E-state index < -0.39 is 0 Å². The Morgan fingerprint density at radius 1 is 1.53 bits per heavy atom. The van der Waals surface area contributed by atoms with Gasteiger partial charge in [-0.1, -0.05) is 0 Å². The van der Waals surface area contributed by atoms with Crippen LogP contribution in [0.5, 0.6) is 0 Å². The summed E-state index contributed by atoms with van der Waals surface area (Å²) in [6, 6.07) is 1.45. The van der Waals surface area contributed by atoms with Crippen LogP contribution >= 0.6 is 0 Å². The van der Waals surface area contributed by atoms with Crippen LogP contribution in [0, 0.1) is 0 Å². The molecule has 0 saturated heterocycles. The SMILES string of the molecule is CCn1cc(NC(=O)[C@H](C)n2cccn2)cn1. The minimum atomic E-state index is -0.338. The summed E-state index contributed by atoms with van der Waals surface area (Å²) < 4.78 is 3.37. The fraction of sp³-hybridized carbons (Fsp3) is 0.364. The molecule has 6 nitrogen and oxygen atoms in total. The molecule has 90 valence electrons. The van der Waals surface area contributed by atoms with E-state index in [0.29, 0.717) is 5.69 Å². The van der Waals surface area contributed by atoms with Gasteiger partial charge in [0.2, 0.25) is 5.91 Å². The van der Waals surface area contributed by atoms with Crippen molar-refractivity contribution in [3.8, 4) is 0 Å². The predicted octanol–water partition coefficient (Wildman–Crippen LogP) is 1.30. The molecular formula is C11H15N5O. The molecule has 2 aromatic heterocycles. The van der Waals surface area contributed by atoms with Gasteiger partial charge >= 0.3 is 0 Å². The van der Waals surface area contributed by atoms with Gasteiger partial charge in [-0.25, -0.2) is 0 Å². The van der Waals surface area contributed by atoms with E-state index >= 15 is 0 Å². The van der Waals surface area contributed by atoms with E-state index in [0.717, 1.165) is 6.54 Å². The van der Waals surface area contributed by atoms with Crippen molar-refractivity contribution in [2.24, 2.45) is 0 Å². The van der Waals surface area contributed by atoms with E-state index in [1.54, 1.807) is 47.1 Å². The highest BCUT2D eigenvalue weighted by atomic mass is 16.2. The molecule has 1 amide bonds. The third kappa shape index (κ3) is 2.52. The van der Waals surface area contributed by atoms with Gasteiger partial charge < -0.3 is 5.32 Å². The molecule has 0 radical (unpaired) electrons. The lowest BCUT2D eigenvalue weighted by Gasteiger charge is -2.11. The van der Waals surface area contributed by atoms with E-state index in [1.807, 2.05) is 6.92 Å². The molecule has 0 aliphatic carbocycles. The molecule has 0 aliphatic heterocycles. The van der Waals surface area contributed by atoms with Crippen LogP contribution in [0.1, 0.15) is 19.9 Å². The summed E-state index contributed by atoms with van der Waals surface area (Å²) in [5, 5.41) is 10.9. The lowest BCUT2D eigenvalue weighted by molar-refractivity contribution is -0.119. The predicted molar refractivity (Wildman–Crippen MR) is 63.5 cm³/mol. The fourth-order valence-corrected chi connectivity index (χ4v) is 1.48. The van der Waals surface area contributed by atoms with Gasteiger partial charge in [-0.3, -0.25) is 14.2 Å². The zero-order valence-corrected chi connectivity index (χ0v) is 9.87. The Morgan fingerprint density at radius 3 is 2.94 bits per heavy atom. The molecule has 0 aliphatic rings. The Labute approximate surface area is 99.2 Å². The molecule has 0 spiro atoms. The van der Waals surface area contributed by atoms with Gasteiger partial charge in [-0.15, -0.1) is 0 Å². The summed E-state index contributed by atoms with van der Waals surface area (Å²) in [5.74, 6) is -0.107. The maximum Gasteiger partial charge on any atom is 0.249 e. The van der Waals surface area contributed by atoms with Crippen LogP contribution in [0.15, 0.2) is 30.9 Å².